The fraction of sp³-hybridized carbons (Fsp3) is 0.229. The van der Waals surface area contributed by atoms with Crippen LogP contribution in [0.5, 0.6) is 0 Å². The average Bonchev–Trinajstić information content (AvgIpc) is 3.34. The molecule has 0 unspecified atom stereocenters. The predicted molar refractivity (Wildman–Crippen MR) is 172 cm³/mol. The number of carboxylic acid groups (broad SMARTS) is 1. The summed E-state index contributed by atoms with van der Waals surface area (Å²) in [7, 11) is 0. The zero-order valence-electron chi connectivity index (χ0n) is 24.2. The Balaban J connectivity index is 1.43. The van der Waals surface area contributed by atoms with Crippen molar-refractivity contribution in [3.63, 3.8) is 0 Å². The van der Waals surface area contributed by atoms with E-state index in [9.17, 15) is 19.1 Å². The van der Waals surface area contributed by atoms with E-state index >= 15 is 0 Å². The fourth-order valence-electron chi connectivity index (χ4n) is 5.43. The first kappa shape index (κ1) is 30.0. The molecule has 8 heteroatoms. The highest BCUT2D eigenvalue weighted by molar-refractivity contribution is 7.80. The Labute approximate surface area is 256 Å². The molecule has 6 nitrogen and oxygen atoms in total. The Kier molecular flexibility index (Phi) is 9.26. The number of imidazole rings is 1. The van der Waals surface area contributed by atoms with E-state index < -0.39 is 5.97 Å². The lowest BCUT2D eigenvalue weighted by Crippen LogP contribution is -2.37. The number of carbonyl (C=O) groups is 2. The Morgan fingerprint density at radius 2 is 1.77 bits per heavy atom. The van der Waals surface area contributed by atoms with Crippen molar-refractivity contribution < 1.29 is 19.1 Å². The number of aromatic carboxylic acids is 1. The van der Waals surface area contributed by atoms with Crippen LogP contribution in [0.25, 0.3) is 22.2 Å². The third-order valence-corrected chi connectivity index (χ3v) is 7.99. The first-order valence-electron chi connectivity index (χ1n) is 14.3. The van der Waals surface area contributed by atoms with Gasteiger partial charge in [-0.1, -0.05) is 61.5 Å². The van der Waals surface area contributed by atoms with Crippen LogP contribution in [0.3, 0.4) is 0 Å². The van der Waals surface area contributed by atoms with Crippen LogP contribution in [-0.4, -0.2) is 38.3 Å². The van der Waals surface area contributed by atoms with Gasteiger partial charge in [0.05, 0.1) is 16.6 Å². The number of rotatable bonds is 11. The maximum atomic E-state index is 13.7. The molecular weight excluding hydrogens is 561 g/mol. The molecule has 0 saturated carbocycles. The van der Waals surface area contributed by atoms with E-state index in [1.807, 2.05) is 61.5 Å². The number of nitrogens with zero attached hydrogens (tertiary/aromatic N) is 2. The first-order chi connectivity index (χ1) is 20.8. The Hall–Kier alpha value is -4.43. The molecule has 0 bridgehead atoms. The van der Waals surface area contributed by atoms with E-state index in [4.69, 9.17) is 4.98 Å². The summed E-state index contributed by atoms with van der Waals surface area (Å²) in [4.78, 5) is 30.1. The van der Waals surface area contributed by atoms with Crippen molar-refractivity contribution in [1.82, 2.24) is 14.9 Å². The minimum Gasteiger partial charge on any atom is -0.478 e. The lowest BCUT2D eigenvalue weighted by Gasteiger charge is -2.17. The van der Waals surface area contributed by atoms with Crippen molar-refractivity contribution in [3.8, 4) is 11.1 Å². The Morgan fingerprint density at radius 1 is 1.00 bits per heavy atom. The third-order valence-electron chi connectivity index (χ3n) is 7.55. The van der Waals surface area contributed by atoms with Crippen molar-refractivity contribution in [1.29, 1.82) is 0 Å². The molecule has 5 rings (SSSR count). The van der Waals surface area contributed by atoms with Gasteiger partial charge in [-0.3, -0.25) is 4.79 Å². The van der Waals surface area contributed by atoms with Gasteiger partial charge >= 0.3 is 5.97 Å². The van der Waals surface area contributed by atoms with E-state index in [2.05, 4.69) is 29.4 Å². The first-order valence-corrected chi connectivity index (χ1v) is 15.0. The van der Waals surface area contributed by atoms with E-state index in [0.717, 1.165) is 52.0 Å². The van der Waals surface area contributed by atoms with Crippen LogP contribution in [-0.2, 0) is 19.4 Å². The number of thiol groups is 1. The van der Waals surface area contributed by atoms with Gasteiger partial charge in [-0.05, 0) is 77.9 Å². The van der Waals surface area contributed by atoms with Crippen LogP contribution in [0.2, 0.25) is 0 Å². The molecule has 0 fully saturated rings. The van der Waals surface area contributed by atoms with Gasteiger partial charge in [-0.25, -0.2) is 14.2 Å². The van der Waals surface area contributed by atoms with Gasteiger partial charge in [0.2, 0.25) is 0 Å². The van der Waals surface area contributed by atoms with Crippen molar-refractivity contribution in [2.75, 3.05) is 5.75 Å². The predicted octanol–water partition coefficient (Wildman–Crippen LogP) is 7.12. The third kappa shape index (κ3) is 6.81. The number of carboxylic acids is 1. The molecule has 4 aromatic carbocycles. The molecule has 220 valence electrons. The zero-order chi connectivity index (χ0) is 30.5. The number of carbonyl (C=O) groups excluding carboxylic acids is 1. The molecular formula is C35H34FN3O3S. The summed E-state index contributed by atoms with van der Waals surface area (Å²) in [6, 6.07) is 24.7. The number of nitrogens with one attached hydrogen (secondary N) is 1. The molecule has 1 atom stereocenters. The summed E-state index contributed by atoms with van der Waals surface area (Å²) in [5.41, 5.74) is 6.77. The number of fused-ring (bicyclic) bond motifs is 1. The van der Waals surface area contributed by atoms with Crippen LogP contribution >= 0.6 is 12.6 Å². The highest BCUT2D eigenvalue weighted by Crippen LogP contribution is 2.27. The Morgan fingerprint density at radius 3 is 2.47 bits per heavy atom. The van der Waals surface area contributed by atoms with Gasteiger partial charge in [0.15, 0.2) is 0 Å². The molecule has 43 heavy (non-hydrogen) atoms. The SMILES string of the molecule is CCCc1nc2c(C)cc(C(=O)N[C@@H](CS)Cc3cccc(F)c3)cc2n1Cc1ccc(-c2ccccc2C(=O)O)cc1. The van der Waals surface area contributed by atoms with E-state index in [0.29, 0.717) is 29.8 Å². The second kappa shape index (κ2) is 13.3. The molecule has 0 aliphatic rings. The van der Waals surface area contributed by atoms with Crippen LogP contribution in [0.1, 0.15) is 56.6 Å². The molecule has 0 aliphatic heterocycles. The van der Waals surface area contributed by atoms with Crippen molar-refractivity contribution in [2.24, 2.45) is 0 Å². The number of amides is 1. The number of benzene rings is 4. The summed E-state index contributed by atoms with van der Waals surface area (Å²) in [5, 5.41) is 12.7. The summed E-state index contributed by atoms with van der Waals surface area (Å²) in [6.07, 6.45) is 2.18. The summed E-state index contributed by atoms with van der Waals surface area (Å²) < 4.78 is 15.9. The number of halogens is 1. The van der Waals surface area contributed by atoms with Crippen LogP contribution in [0.15, 0.2) is 84.9 Å². The topological polar surface area (TPSA) is 84.2 Å². The zero-order valence-corrected chi connectivity index (χ0v) is 25.1. The molecule has 1 heterocycles. The summed E-state index contributed by atoms with van der Waals surface area (Å²) >= 11 is 4.43. The molecule has 0 radical (unpaired) electrons. The van der Waals surface area contributed by atoms with E-state index in [1.54, 1.807) is 18.2 Å². The molecule has 1 aromatic heterocycles. The second-order valence-corrected chi connectivity index (χ2v) is 11.1. The van der Waals surface area contributed by atoms with Crippen molar-refractivity contribution in [3.05, 3.63) is 124 Å². The van der Waals surface area contributed by atoms with Crippen molar-refractivity contribution >= 4 is 35.5 Å². The maximum absolute atomic E-state index is 13.7. The molecule has 1 amide bonds. The normalized spacial score (nSPS) is 11.9. The van der Waals surface area contributed by atoms with E-state index in [-0.39, 0.29) is 23.3 Å². The minimum atomic E-state index is -0.960. The van der Waals surface area contributed by atoms with Crippen LogP contribution in [0, 0.1) is 12.7 Å². The number of hydrogen-bond acceptors (Lipinski definition) is 4. The van der Waals surface area contributed by atoms with Gasteiger partial charge in [0.25, 0.3) is 5.91 Å². The maximum Gasteiger partial charge on any atom is 0.336 e. The highest BCUT2D eigenvalue weighted by atomic mass is 32.1. The highest BCUT2D eigenvalue weighted by Gasteiger charge is 2.19. The monoisotopic (exact) mass is 595 g/mol. The lowest BCUT2D eigenvalue weighted by atomic mass is 9.98. The minimum absolute atomic E-state index is 0.216. The van der Waals surface area contributed by atoms with Gasteiger partial charge < -0.3 is 15.0 Å². The number of hydrogen-bond donors (Lipinski definition) is 3. The van der Waals surface area contributed by atoms with Gasteiger partial charge in [0, 0.05) is 30.3 Å². The smallest absolute Gasteiger partial charge is 0.336 e. The molecule has 0 spiro atoms. The number of aromatic nitrogens is 2. The van der Waals surface area contributed by atoms with Crippen molar-refractivity contribution in [2.45, 2.75) is 45.7 Å². The largest absolute Gasteiger partial charge is 0.478 e. The molecule has 0 saturated heterocycles. The standard InChI is InChI=1S/C35H34FN3O3S/c1-3-7-32-38-33-22(2)16-26(34(40)37-28(21-43)18-24-8-6-9-27(36)17-24)19-31(33)39(32)20-23-12-14-25(15-13-23)29-10-4-5-11-30(29)35(41)42/h4-6,8-17,19,28,43H,3,7,18,20-21H2,1-2H3,(H,37,40)(H,41,42)/t28-/m1/s1. The van der Waals surface area contributed by atoms with Crippen LogP contribution in [0.4, 0.5) is 4.39 Å². The summed E-state index contributed by atoms with van der Waals surface area (Å²) in [6.45, 7) is 4.63. The summed E-state index contributed by atoms with van der Waals surface area (Å²) in [5.74, 6) is -0.128. The second-order valence-electron chi connectivity index (χ2n) is 10.8. The van der Waals surface area contributed by atoms with Gasteiger partial charge in [0.1, 0.15) is 11.6 Å². The Bertz CT molecular complexity index is 1780. The van der Waals surface area contributed by atoms with Gasteiger partial charge in [-0.15, -0.1) is 0 Å². The average molecular weight is 596 g/mol. The van der Waals surface area contributed by atoms with Crippen LogP contribution < -0.4 is 5.32 Å². The molecule has 2 N–H and O–H groups in total. The molecule has 0 aliphatic carbocycles. The molecule has 5 aromatic rings. The lowest BCUT2D eigenvalue weighted by molar-refractivity contribution is 0.0697. The van der Waals surface area contributed by atoms with E-state index in [1.165, 1.54) is 12.1 Å². The number of aryl methyl sites for hydroxylation is 2. The fourth-order valence-corrected chi connectivity index (χ4v) is 5.66. The van der Waals surface area contributed by atoms with Gasteiger partial charge in [-0.2, -0.15) is 12.6 Å². The quantitative estimate of drug-likeness (QED) is 0.142.